The van der Waals surface area contributed by atoms with Crippen LogP contribution >= 0.6 is 0 Å². The van der Waals surface area contributed by atoms with Crippen molar-refractivity contribution in [3.8, 4) is 0 Å². The molecule has 1 fully saturated rings. The highest BCUT2D eigenvalue weighted by Gasteiger charge is 2.34. The van der Waals surface area contributed by atoms with Gasteiger partial charge in [-0.3, -0.25) is 9.78 Å². The Morgan fingerprint density at radius 1 is 1.03 bits per heavy atom. The van der Waals surface area contributed by atoms with E-state index in [2.05, 4.69) is 30.2 Å². The topological polar surface area (TPSA) is 96.8 Å². The maximum absolute atomic E-state index is 13.2. The van der Waals surface area contributed by atoms with Crippen LogP contribution in [0, 0.1) is 0 Å². The van der Waals surface area contributed by atoms with E-state index < -0.39 is 11.7 Å². The van der Waals surface area contributed by atoms with Gasteiger partial charge in [0, 0.05) is 49.5 Å². The smallest absolute Gasteiger partial charge is 0.337 e. The Hall–Kier alpha value is -3.63. The zero-order chi connectivity index (χ0) is 21.8. The number of carbonyl (C=O) groups excluding carboxylic acids is 1. The fourth-order valence-electron chi connectivity index (χ4n) is 3.45. The molecule has 1 saturated heterocycles. The second-order valence-corrected chi connectivity index (χ2v) is 6.98. The van der Waals surface area contributed by atoms with Gasteiger partial charge in [0.1, 0.15) is 11.5 Å². The first-order valence-corrected chi connectivity index (χ1v) is 9.59. The maximum atomic E-state index is 13.2. The molecule has 0 atom stereocenters. The minimum atomic E-state index is -4.54. The molecule has 4 rings (SSSR count). The van der Waals surface area contributed by atoms with E-state index in [0.29, 0.717) is 37.3 Å². The molecule has 0 unspecified atom stereocenters. The number of nitrogens with one attached hydrogen (secondary N) is 1. The lowest BCUT2D eigenvalue weighted by Crippen LogP contribution is -2.38. The minimum absolute atomic E-state index is 0.0414. The molecule has 0 aromatic carbocycles. The molecule has 3 aromatic heterocycles. The largest absolute Gasteiger partial charge is 0.419 e. The fraction of sp³-hybridized carbons (Fsp3) is 0.300. The van der Waals surface area contributed by atoms with Gasteiger partial charge in [0.05, 0.1) is 11.8 Å². The lowest BCUT2D eigenvalue weighted by atomic mass is 9.93. The number of hydrogen-bond donors (Lipinski definition) is 1. The second-order valence-electron chi connectivity index (χ2n) is 6.98. The molecule has 1 aliphatic heterocycles. The van der Waals surface area contributed by atoms with Gasteiger partial charge in [-0.1, -0.05) is 0 Å². The molecule has 8 nitrogen and oxygen atoms in total. The Morgan fingerprint density at radius 3 is 2.55 bits per heavy atom. The molecule has 160 valence electrons. The Morgan fingerprint density at radius 2 is 1.84 bits per heavy atom. The summed E-state index contributed by atoms with van der Waals surface area (Å²) in [5.41, 5.74) is 0.110. The summed E-state index contributed by atoms with van der Waals surface area (Å²) < 4.78 is 39.6. The van der Waals surface area contributed by atoms with Gasteiger partial charge in [-0.25, -0.2) is 19.9 Å². The molecular formula is C20H18F3N7O. The zero-order valence-corrected chi connectivity index (χ0v) is 16.3. The van der Waals surface area contributed by atoms with Crippen molar-refractivity contribution in [1.29, 1.82) is 0 Å². The summed E-state index contributed by atoms with van der Waals surface area (Å²) >= 11 is 0. The number of pyridine rings is 1. The van der Waals surface area contributed by atoms with Gasteiger partial charge in [0.15, 0.2) is 0 Å². The lowest BCUT2D eigenvalue weighted by Gasteiger charge is -2.31. The molecule has 1 aliphatic rings. The third kappa shape index (κ3) is 4.76. The van der Waals surface area contributed by atoms with Crippen LogP contribution in [0.3, 0.4) is 0 Å². The van der Waals surface area contributed by atoms with Gasteiger partial charge in [0.25, 0.3) is 5.91 Å². The molecule has 4 heterocycles. The van der Waals surface area contributed by atoms with Gasteiger partial charge < -0.3 is 10.2 Å². The van der Waals surface area contributed by atoms with Crippen molar-refractivity contribution < 1.29 is 18.0 Å². The van der Waals surface area contributed by atoms with Crippen LogP contribution in [-0.2, 0) is 6.18 Å². The van der Waals surface area contributed by atoms with Crippen LogP contribution in [0.2, 0.25) is 0 Å². The summed E-state index contributed by atoms with van der Waals surface area (Å²) in [6.07, 6.45) is 3.97. The van der Waals surface area contributed by atoms with Gasteiger partial charge in [-0.15, -0.1) is 0 Å². The highest BCUT2D eigenvalue weighted by Crippen LogP contribution is 2.34. The number of anilines is 2. The summed E-state index contributed by atoms with van der Waals surface area (Å²) in [7, 11) is 0. The first kappa shape index (κ1) is 20.6. The number of alkyl halides is 3. The van der Waals surface area contributed by atoms with Crippen molar-refractivity contribution in [3.63, 3.8) is 0 Å². The summed E-state index contributed by atoms with van der Waals surface area (Å²) in [4.78, 5) is 34.4. The molecule has 1 amide bonds. The van der Waals surface area contributed by atoms with E-state index in [9.17, 15) is 18.0 Å². The zero-order valence-electron chi connectivity index (χ0n) is 16.3. The SMILES string of the molecule is O=C(c1cnccn1)N1CCC(c2ccnc(Nc3ncccc3C(F)(F)F)n2)CC1. The molecule has 31 heavy (non-hydrogen) atoms. The predicted octanol–water partition coefficient (Wildman–Crippen LogP) is 3.44. The number of halogens is 3. The average Bonchev–Trinajstić information content (AvgIpc) is 2.79. The average molecular weight is 429 g/mol. The third-order valence-corrected chi connectivity index (χ3v) is 5.00. The summed E-state index contributed by atoms with van der Waals surface area (Å²) in [5, 5.41) is 2.57. The molecule has 3 aromatic rings. The van der Waals surface area contributed by atoms with Gasteiger partial charge in [0.2, 0.25) is 5.95 Å². The summed E-state index contributed by atoms with van der Waals surface area (Å²) in [5.74, 6) is -0.428. The number of hydrogen-bond acceptors (Lipinski definition) is 7. The molecule has 0 aliphatic carbocycles. The van der Waals surface area contributed by atoms with Crippen LogP contribution in [0.25, 0.3) is 0 Å². The van der Waals surface area contributed by atoms with Crippen LogP contribution in [0.1, 0.15) is 40.5 Å². The van der Waals surface area contributed by atoms with Gasteiger partial charge >= 0.3 is 6.18 Å². The highest BCUT2D eigenvalue weighted by atomic mass is 19.4. The number of likely N-dealkylation sites (tertiary alicyclic amines) is 1. The summed E-state index contributed by atoms with van der Waals surface area (Å²) in [6.45, 7) is 1.04. The Bertz CT molecular complexity index is 1050. The molecule has 11 heteroatoms. The molecule has 0 radical (unpaired) electrons. The normalized spacial score (nSPS) is 15.0. The Balaban J connectivity index is 1.44. The number of nitrogens with zero attached hydrogens (tertiary/aromatic N) is 6. The van der Waals surface area contributed by atoms with Crippen LogP contribution < -0.4 is 5.32 Å². The van der Waals surface area contributed by atoms with E-state index in [0.717, 1.165) is 6.07 Å². The third-order valence-electron chi connectivity index (χ3n) is 5.00. The van der Waals surface area contributed by atoms with E-state index in [1.165, 1.54) is 37.1 Å². The van der Waals surface area contributed by atoms with Crippen molar-refractivity contribution >= 4 is 17.7 Å². The quantitative estimate of drug-likeness (QED) is 0.679. The van der Waals surface area contributed by atoms with Crippen molar-refractivity contribution in [2.75, 3.05) is 18.4 Å². The number of carbonyl (C=O) groups is 1. The van der Waals surface area contributed by atoms with E-state index >= 15 is 0 Å². The first-order valence-electron chi connectivity index (χ1n) is 9.59. The minimum Gasteiger partial charge on any atom is -0.337 e. The van der Waals surface area contributed by atoms with E-state index in [4.69, 9.17) is 0 Å². The summed E-state index contributed by atoms with van der Waals surface area (Å²) in [6, 6.07) is 3.91. The number of amides is 1. The fourth-order valence-corrected chi connectivity index (χ4v) is 3.45. The monoisotopic (exact) mass is 429 g/mol. The maximum Gasteiger partial charge on any atom is 0.419 e. The number of aromatic nitrogens is 5. The van der Waals surface area contributed by atoms with Crippen LogP contribution in [0.4, 0.5) is 24.9 Å². The lowest BCUT2D eigenvalue weighted by molar-refractivity contribution is -0.137. The molecule has 1 N–H and O–H groups in total. The standard InChI is InChI=1S/C20H18F3N7O/c21-20(22,23)14-2-1-6-26-17(14)29-19-27-7-3-15(28-19)13-4-10-30(11-5-13)18(31)16-12-24-8-9-25-16/h1-3,6-9,12-13H,4-5,10-11H2,(H,26,27,28,29). The highest BCUT2D eigenvalue weighted by molar-refractivity contribution is 5.92. The predicted molar refractivity (Wildman–Crippen MR) is 104 cm³/mol. The van der Waals surface area contributed by atoms with Crippen LogP contribution in [-0.4, -0.2) is 48.8 Å². The molecule has 0 spiro atoms. The van der Waals surface area contributed by atoms with E-state index in [-0.39, 0.29) is 23.6 Å². The number of piperidine rings is 1. The Labute approximate surface area is 175 Å². The van der Waals surface area contributed by atoms with Crippen LogP contribution in [0.15, 0.2) is 49.2 Å². The molecular weight excluding hydrogens is 411 g/mol. The van der Waals surface area contributed by atoms with Gasteiger partial charge in [-0.2, -0.15) is 13.2 Å². The van der Waals surface area contributed by atoms with Crippen LogP contribution in [0.5, 0.6) is 0 Å². The first-order chi connectivity index (χ1) is 14.9. The molecule has 0 saturated carbocycles. The number of rotatable bonds is 4. The Kier molecular flexibility index (Phi) is 5.74. The van der Waals surface area contributed by atoms with Gasteiger partial charge in [-0.05, 0) is 31.0 Å². The van der Waals surface area contributed by atoms with Crippen molar-refractivity contribution in [2.45, 2.75) is 24.9 Å². The second kappa shape index (κ2) is 8.62. The van der Waals surface area contributed by atoms with Crippen molar-refractivity contribution in [3.05, 3.63) is 66.1 Å². The van der Waals surface area contributed by atoms with Crippen molar-refractivity contribution in [2.24, 2.45) is 0 Å². The molecule has 0 bridgehead atoms. The van der Waals surface area contributed by atoms with Crippen molar-refractivity contribution in [1.82, 2.24) is 29.8 Å². The van der Waals surface area contributed by atoms with E-state index in [1.807, 2.05) is 0 Å². The van der Waals surface area contributed by atoms with E-state index in [1.54, 1.807) is 11.0 Å².